The van der Waals surface area contributed by atoms with Gasteiger partial charge in [-0.1, -0.05) is 31.2 Å². The molecule has 0 unspecified atom stereocenters. The first-order chi connectivity index (χ1) is 6.72. The van der Waals surface area contributed by atoms with Gasteiger partial charge in [0.1, 0.15) is 0 Å². The van der Waals surface area contributed by atoms with E-state index < -0.39 is 0 Å². The molecule has 0 heterocycles. The second kappa shape index (κ2) is 5.43. The Morgan fingerprint density at radius 3 is 2.29 bits per heavy atom. The molecule has 0 aliphatic rings. The molecule has 1 N–H and O–H groups in total. The van der Waals surface area contributed by atoms with Crippen LogP contribution in [0, 0.1) is 0 Å². The van der Waals surface area contributed by atoms with Gasteiger partial charge in [-0.05, 0) is 24.0 Å². The molecule has 1 amide bonds. The van der Waals surface area contributed by atoms with E-state index in [-0.39, 0.29) is 5.91 Å². The molecule has 0 bridgehead atoms. The molecule has 0 fully saturated rings. The highest BCUT2D eigenvalue weighted by atomic mass is 16.1. The highest BCUT2D eigenvalue weighted by Crippen LogP contribution is 2.05. The van der Waals surface area contributed by atoms with Crippen LogP contribution in [0.15, 0.2) is 24.3 Å². The lowest BCUT2D eigenvalue weighted by atomic mass is 10.1. The number of nitrogens with one attached hydrogen (secondary N) is 1. The summed E-state index contributed by atoms with van der Waals surface area (Å²) < 4.78 is 0. The number of amides is 1. The van der Waals surface area contributed by atoms with Gasteiger partial charge in [-0.15, -0.1) is 0 Å². The zero-order valence-electron chi connectivity index (χ0n) is 8.84. The van der Waals surface area contributed by atoms with E-state index >= 15 is 0 Å². The lowest BCUT2D eigenvalue weighted by molar-refractivity contribution is -0.118. The van der Waals surface area contributed by atoms with Crippen LogP contribution in [-0.4, -0.2) is 12.5 Å². The molecule has 1 rings (SSSR count). The van der Waals surface area contributed by atoms with Crippen LogP contribution in [0.3, 0.4) is 0 Å². The molecule has 14 heavy (non-hydrogen) atoms. The number of rotatable bonds is 4. The first kappa shape index (κ1) is 10.8. The summed E-state index contributed by atoms with van der Waals surface area (Å²) in [5.41, 5.74) is 2.63. The summed E-state index contributed by atoms with van der Waals surface area (Å²) in [7, 11) is 0. The number of carbonyl (C=O) groups is 1. The molecular formula is C12H17NO. The molecule has 0 aliphatic carbocycles. The fourth-order valence-electron chi connectivity index (χ4n) is 1.32. The van der Waals surface area contributed by atoms with E-state index in [4.69, 9.17) is 0 Å². The van der Waals surface area contributed by atoms with Crippen molar-refractivity contribution in [3.8, 4) is 0 Å². The molecule has 0 saturated heterocycles. The van der Waals surface area contributed by atoms with Crippen LogP contribution in [0.4, 0.5) is 0 Å². The van der Waals surface area contributed by atoms with Crippen LogP contribution >= 0.6 is 0 Å². The normalized spacial score (nSPS) is 9.86. The topological polar surface area (TPSA) is 29.1 Å². The van der Waals surface area contributed by atoms with Crippen molar-refractivity contribution in [3.63, 3.8) is 0 Å². The third kappa shape index (κ3) is 3.60. The van der Waals surface area contributed by atoms with Gasteiger partial charge in [0.25, 0.3) is 0 Å². The minimum absolute atomic E-state index is 0.0372. The van der Waals surface area contributed by atoms with Gasteiger partial charge < -0.3 is 5.32 Å². The molecule has 1 aromatic carbocycles. The van der Waals surface area contributed by atoms with Crippen LogP contribution in [-0.2, 0) is 17.6 Å². The Balaban J connectivity index is 2.40. The first-order valence-corrected chi connectivity index (χ1v) is 5.04. The number of benzene rings is 1. The van der Waals surface area contributed by atoms with Gasteiger partial charge in [0.05, 0.1) is 0 Å². The van der Waals surface area contributed by atoms with E-state index in [9.17, 15) is 4.79 Å². The average molecular weight is 191 g/mol. The van der Waals surface area contributed by atoms with Crippen molar-refractivity contribution in [1.82, 2.24) is 5.32 Å². The Morgan fingerprint density at radius 1 is 1.21 bits per heavy atom. The Labute approximate surface area is 85.3 Å². The van der Waals surface area contributed by atoms with Crippen LogP contribution in [0.1, 0.15) is 25.0 Å². The first-order valence-electron chi connectivity index (χ1n) is 5.04. The van der Waals surface area contributed by atoms with Gasteiger partial charge in [-0.2, -0.15) is 0 Å². The zero-order chi connectivity index (χ0) is 10.4. The van der Waals surface area contributed by atoms with E-state index in [2.05, 4.69) is 36.5 Å². The highest BCUT2D eigenvalue weighted by Gasteiger charge is 1.94. The average Bonchev–Trinajstić information content (AvgIpc) is 2.18. The maximum atomic E-state index is 10.6. The number of hydrogen-bond acceptors (Lipinski definition) is 1. The van der Waals surface area contributed by atoms with Gasteiger partial charge in [-0.25, -0.2) is 0 Å². The zero-order valence-corrected chi connectivity index (χ0v) is 8.84. The van der Waals surface area contributed by atoms with Crippen molar-refractivity contribution in [2.75, 3.05) is 6.54 Å². The van der Waals surface area contributed by atoms with Gasteiger partial charge >= 0.3 is 0 Å². The summed E-state index contributed by atoms with van der Waals surface area (Å²) in [4.78, 5) is 10.6. The lowest BCUT2D eigenvalue weighted by Crippen LogP contribution is -2.22. The van der Waals surface area contributed by atoms with Crippen molar-refractivity contribution in [3.05, 3.63) is 35.4 Å². The molecular weight excluding hydrogens is 174 g/mol. The monoisotopic (exact) mass is 191 g/mol. The van der Waals surface area contributed by atoms with Gasteiger partial charge in [-0.3, -0.25) is 4.79 Å². The van der Waals surface area contributed by atoms with E-state index in [0.29, 0.717) is 0 Å². The van der Waals surface area contributed by atoms with Crippen LogP contribution < -0.4 is 5.32 Å². The van der Waals surface area contributed by atoms with E-state index in [1.807, 2.05) is 0 Å². The number of hydrogen-bond donors (Lipinski definition) is 1. The molecule has 0 atom stereocenters. The van der Waals surface area contributed by atoms with E-state index in [1.54, 1.807) is 6.92 Å². The molecule has 1 aromatic rings. The van der Waals surface area contributed by atoms with Crippen molar-refractivity contribution < 1.29 is 4.79 Å². The van der Waals surface area contributed by atoms with Crippen LogP contribution in [0.25, 0.3) is 0 Å². The molecule has 76 valence electrons. The molecule has 0 saturated carbocycles. The SMILES string of the molecule is CCc1ccc(CCNC(C)=O)cc1. The Hall–Kier alpha value is -1.31. The third-order valence-corrected chi connectivity index (χ3v) is 2.22. The molecule has 0 aliphatic heterocycles. The maximum absolute atomic E-state index is 10.6. The Morgan fingerprint density at radius 2 is 1.79 bits per heavy atom. The maximum Gasteiger partial charge on any atom is 0.216 e. The van der Waals surface area contributed by atoms with Crippen LogP contribution in [0.2, 0.25) is 0 Å². The molecule has 0 aromatic heterocycles. The van der Waals surface area contributed by atoms with Crippen LogP contribution in [0.5, 0.6) is 0 Å². The van der Waals surface area contributed by atoms with Crippen molar-refractivity contribution >= 4 is 5.91 Å². The largest absolute Gasteiger partial charge is 0.356 e. The van der Waals surface area contributed by atoms with Crippen molar-refractivity contribution in [1.29, 1.82) is 0 Å². The molecule has 2 heteroatoms. The minimum atomic E-state index is 0.0372. The van der Waals surface area contributed by atoms with Gasteiger partial charge in [0.2, 0.25) is 5.91 Å². The van der Waals surface area contributed by atoms with E-state index in [1.165, 1.54) is 11.1 Å². The second-order valence-electron chi connectivity index (χ2n) is 3.40. The van der Waals surface area contributed by atoms with Crippen molar-refractivity contribution in [2.45, 2.75) is 26.7 Å². The molecule has 0 radical (unpaired) electrons. The van der Waals surface area contributed by atoms with E-state index in [0.717, 1.165) is 19.4 Å². The Kier molecular flexibility index (Phi) is 4.17. The van der Waals surface area contributed by atoms with Gasteiger partial charge in [0.15, 0.2) is 0 Å². The predicted molar refractivity (Wildman–Crippen MR) is 58.2 cm³/mol. The predicted octanol–water partition coefficient (Wildman–Crippen LogP) is 1.93. The summed E-state index contributed by atoms with van der Waals surface area (Å²) in [6.45, 7) is 4.41. The quantitative estimate of drug-likeness (QED) is 0.774. The van der Waals surface area contributed by atoms with Gasteiger partial charge in [0, 0.05) is 13.5 Å². The highest BCUT2D eigenvalue weighted by molar-refractivity contribution is 5.72. The number of carbonyl (C=O) groups excluding carboxylic acids is 1. The number of aryl methyl sites for hydroxylation is 1. The Bertz CT molecular complexity index is 290. The summed E-state index contributed by atoms with van der Waals surface area (Å²) >= 11 is 0. The minimum Gasteiger partial charge on any atom is -0.356 e. The summed E-state index contributed by atoms with van der Waals surface area (Å²) in [6, 6.07) is 8.54. The van der Waals surface area contributed by atoms with Crippen molar-refractivity contribution in [2.24, 2.45) is 0 Å². The fraction of sp³-hybridized carbons (Fsp3) is 0.417. The summed E-state index contributed by atoms with van der Waals surface area (Å²) in [5.74, 6) is 0.0372. The second-order valence-corrected chi connectivity index (χ2v) is 3.40. The third-order valence-electron chi connectivity index (χ3n) is 2.22. The molecule has 0 spiro atoms. The smallest absolute Gasteiger partial charge is 0.216 e. The molecule has 2 nitrogen and oxygen atoms in total. The summed E-state index contributed by atoms with van der Waals surface area (Å²) in [6.07, 6.45) is 1.98. The lowest BCUT2D eigenvalue weighted by Gasteiger charge is -2.03. The fourth-order valence-corrected chi connectivity index (χ4v) is 1.32. The standard InChI is InChI=1S/C12H17NO/c1-3-11-4-6-12(7-5-11)8-9-13-10(2)14/h4-7H,3,8-9H2,1-2H3,(H,13,14). The summed E-state index contributed by atoms with van der Waals surface area (Å²) in [5, 5.41) is 2.78.